The highest BCUT2D eigenvalue weighted by atomic mass is 35.5. The third-order valence-corrected chi connectivity index (χ3v) is 2.41. The lowest BCUT2D eigenvalue weighted by Crippen LogP contribution is -2.23. The van der Waals surface area contributed by atoms with Crippen LogP contribution >= 0.6 is 35.4 Å². The van der Waals surface area contributed by atoms with E-state index >= 15 is 0 Å². The van der Waals surface area contributed by atoms with Gasteiger partial charge in [-0.15, -0.1) is 0 Å². The maximum atomic E-state index is 6.04. The molecule has 7 heteroatoms. The normalized spacial score (nSPS) is 10.3. The second-order valence-electron chi connectivity index (χ2n) is 3.15. The van der Waals surface area contributed by atoms with Crippen LogP contribution in [-0.2, 0) is 0 Å². The third-order valence-electron chi connectivity index (χ3n) is 1.75. The Morgan fingerprint density at radius 1 is 1.50 bits per heavy atom. The predicted molar refractivity (Wildman–Crippen MR) is 79.7 cm³/mol. The van der Waals surface area contributed by atoms with Crippen molar-refractivity contribution in [3.63, 3.8) is 0 Å². The van der Waals surface area contributed by atoms with Crippen molar-refractivity contribution in [1.29, 1.82) is 0 Å². The van der Waals surface area contributed by atoms with Gasteiger partial charge in [0.25, 0.3) is 0 Å². The van der Waals surface area contributed by atoms with Crippen LogP contribution in [0.15, 0.2) is 29.9 Å². The number of hydrogen-bond acceptors (Lipinski definition) is 3. The van der Waals surface area contributed by atoms with Crippen molar-refractivity contribution in [2.45, 2.75) is 0 Å². The number of ether oxygens (including phenoxy) is 1. The fourth-order valence-electron chi connectivity index (χ4n) is 1.10. The first-order valence-corrected chi connectivity index (χ1v) is 6.02. The van der Waals surface area contributed by atoms with Gasteiger partial charge >= 0.3 is 0 Å². The highest BCUT2D eigenvalue weighted by Gasteiger charge is 2.08. The molecule has 0 spiro atoms. The van der Waals surface area contributed by atoms with Gasteiger partial charge in [0.05, 0.1) is 16.3 Å². The van der Waals surface area contributed by atoms with Crippen molar-refractivity contribution in [3.8, 4) is 5.75 Å². The molecule has 1 aromatic carbocycles. The van der Waals surface area contributed by atoms with Crippen molar-refractivity contribution >= 4 is 46.7 Å². The van der Waals surface area contributed by atoms with E-state index in [1.807, 2.05) is 0 Å². The van der Waals surface area contributed by atoms with Gasteiger partial charge in [-0.25, -0.2) is 0 Å². The fourth-order valence-corrected chi connectivity index (χ4v) is 1.77. The van der Waals surface area contributed by atoms with E-state index in [0.717, 1.165) is 0 Å². The zero-order chi connectivity index (χ0) is 13.5. The van der Waals surface area contributed by atoms with Gasteiger partial charge in [-0.2, -0.15) is 5.10 Å². The number of hydrogen-bond donors (Lipinski definition) is 2. The largest absolute Gasteiger partial charge is 0.486 e. The molecule has 0 atom stereocenters. The average Bonchev–Trinajstić information content (AvgIpc) is 2.27. The summed E-state index contributed by atoms with van der Waals surface area (Å²) in [7, 11) is 0. The molecule has 0 aromatic heterocycles. The molecule has 3 N–H and O–H groups in total. The summed E-state index contributed by atoms with van der Waals surface area (Å²) >= 11 is 16.7. The van der Waals surface area contributed by atoms with E-state index in [9.17, 15) is 0 Å². The first kappa shape index (κ1) is 14.8. The maximum Gasteiger partial charge on any atom is 0.184 e. The lowest BCUT2D eigenvalue weighted by atomic mass is 10.2. The molecule has 0 aliphatic carbocycles. The van der Waals surface area contributed by atoms with Crippen molar-refractivity contribution in [2.24, 2.45) is 10.8 Å². The van der Waals surface area contributed by atoms with Crippen LogP contribution in [0.3, 0.4) is 0 Å². The number of nitrogens with zero attached hydrogens (tertiary/aromatic N) is 1. The molecule has 18 heavy (non-hydrogen) atoms. The Morgan fingerprint density at radius 3 is 2.61 bits per heavy atom. The van der Waals surface area contributed by atoms with Crippen LogP contribution in [0, 0.1) is 0 Å². The van der Waals surface area contributed by atoms with Crippen LogP contribution in [0.25, 0.3) is 0 Å². The Bertz CT molecular complexity index is 468. The lowest BCUT2D eigenvalue weighted by molar-refractivity contribution is 0.363. The Labute approximate surface area is 120 Å². The lowest BCUT2D eigenvalue weighted by Gasteiger charge is -2.08. The second-order valence-corrected chi connectivity index (χ2v) is 4.40. The Hall–Kier alpha value is -1.30. The SMILES string of the molecule is C=CCOc1c(Cl)cc(C=NNC(N)=S)cc1Cl. The van der Waals surface area contributed by atoms with E-state index in [1.165, 1.54) is 6.21 Å². The van der Waals surface area contributed by atoms with Gasteiger partial charge in [-0.3, -0.25) is 5.43 Å². The summed E-state index contributed by atoms with van der Waals surface area (Å²) in [6.45, 7) is 3.87. The minimum Gasteiger partial charge on any atom is -0.486 e. The standard InChI is InChI=1S/C11H11Cl2N3OS/c1-2-3-17-10-8(12)4-7(5-9(10)13)6-15-16-11(14)18/h2,4-6H,1,3H2,(H3,14,16,18). The highest BCUT2D eigenvalue weighted by molar-refractivity contribution is 7.80. The number of hydrazone groups is 1. The summed E-state index contributed by atoms with van der Waals surface area (Å²) in [5.41, 5.74) is 8.34. The monoisotopic (exact) mass is 303 g/mol. The first-order chi connectivity index (χ1) is 8.54. The summed E-state index contributed by atoms with van der Waals surface area (Å²) in [5, 5.41) is 4.66. The summed E-state index contributed by atoms with van der Waals surface area (Å²) in [6, 6.07) is 3.33. The second kappa shape index (κ2) is 7.20. The van der Waals surface area contributed by atoms with Gasteiger partial charge in [0.15, 0.2) is 10.9 Å². The summed E-state index contributed by atoms with van der Waals surface area (Å²) in [5.74, 6) is 0.415. The van der Waals surface area contributed by atoms with Crippen LogP contribution < -0.4 is 15.9 Å². The molecule has 0 fully saturated rings. The highest BCUT2D eigenvalue weighted by Crippen LogP contribution is 2.33. The van der Waals surface area contributed by atoms with E-state index in [2.05, 4.69) is 29.3 Å². The van der Waals surface area contributed by atoms with Crippen molar-refractivity contribution in [2.75, 3.05) is 6.61 Å². The minimum absolute atomic E-state index is 0.0781. The maximum absolute atomic E-state index is 6.04. The molecule has 96 valence electrons. The molecule has 0 saturated carbocycles. The Balaban J connectivity index is 2.88. The minimum atomic E-state index is 0.0781. The fraction of sp³-hybridized carbons (Fsp3) is 0.0909. The number of nitrogens with one attached hydrogen (secondary N) is 1. The number of thiocarbonyl (C=S) groups is 1. The molecular weight excluding hydrogens is 293 g/mol. The molecule has 0 radical (unpaired) electrons. The zero-order valence-electron chi connectivity index (χ0n) is 9.32. The van der Waals surface area contributed by atoms with E-state index in [4.69, 9.17) is 33.7 Å². The van der Waals surface area contributed by atoms with Gasteiger partial charge in [0.1, 0.15) is 6.61 Å². The van der Waals surface area contributed by atoms with Crippen LogP contribution in [0.4, 0.5) is 0 Å². The molecule has 0 amide bonds. The van der Waals surface area contributed by atoms with E-state index in [1.54, 1.807) is 18.2 Å². The zero-order valence-corrected chi connectivity index (χ0v) is 11.6. The van der Waals surface area contributed by atoms with Crippen LogP contribution in [0.1, 0.15) is 5.56 Å². The molecular formula is C11H11Cl2N3OS. The molecule has 0 saturated heterocycles. The van der Waals surface area contributed by atoms with Gasteiger partial charge in [-0.05, 0) is 29.9 Å². The van der Waals surface area contributed by atoms with E-state index in [0.29, 0.717) is 28.0 Å². The van der Waals surface area contributed by atoms with Crippen LogP contribution in [0.5, 0.6) is 5.75 Å². The van der Waals surface area contributed by atoms with Crippen molar-refractivity contribution in [3.05, 3.63) is 40.4 Å². The third kappa shape index (κ3) is 4.52. The smallest absolute Gasteiger partial charge is 0.184 e. The van der Waals surface area contributed by atoms with Gasteiger partial charge in [0, 0.05) is 0 Å². The van der Waals surface area contributed by atoms with Crippen LogP contribution in [-0.4, -0.2) is 17.9 Å². The molecule has 0 aliphatic rings. The van der Waals surface area contributed by atoms with Gasteiger partial charge in [0.2, 0.25) is 0 Å². The Kier molecular flexibility index (Phi) is 5.91. The van der Waals surface area contributed by atoms with Crippen LogP contribution in [0.2, 0.25) is 10.0 Å². The van der Waals surface area contributed by atoms with Crippen molar-refractivity contribution < 1.29 is 4.74 Å². The number of benzene rings is 1. The quantitative estimate of drug-likeness (QED) is 0.380. The van der Waals surface area contributed by atoms with E-state index in [-0.39, 0.29) is 5.11 Å². The number of rotatable bonds is 5. The first-order valence-electron chi connectivity index (χ1n) is 4.86. The number of halogens is 2. The summed E-state index contributed by atoms with van der Waals surface area (Å²) in [6.07, 6.45) is 3.10. The van der Waals surface area contributed by atoms with Gasteiger partial charge in [-0.1, -0.05) is 35.9 Å². The molecule has 1 rings (SSSR count). The molecule has 1 aromatic rings. The van der Waals surface area contributed by atoms with Gasteiger partial charge < -0.3 is 10.5 Å². The van der Waals surface area contributed by atoms with E-state index < -0.39 is 0 Å². The summed E-state index contributed by atoms with van der Waals surface area (Å²) in [4.78, 5) is 0. The molecule has 0 aliphatic heterocycles. The predicted octanol–water partition coefficient (Wildman–Crippen LogP) is 2.73. The van der Waals surface area contributed by atoms with Crippen molar-refractivity contribution in [1.82, 2.24) is 5.43 Å². The average molecular weight is 304 g/mol. The topological polar surface area (TPSA) is 59.6 Å². The Morgan fingerprint density at radius 2 is 2.11 bits per heavy atom. The molecule has 0 unspecified atom stereocenters. The summed E-state index contributed by atoms with van der Waals surface area (Å²) < 4.78 is 5.33. The molecule has 0 heterocycles. The molecule has 4 nitrogen and oxygen atoms in total. The molecule has 0 bridgehead atoms. The number of nitrogens with two attached hydrogens (primary N) is 1.